The fourth-order valence-corrected chi connectivity index (χ4v) is 2.72. The van der Waals surface area contributed by atoms with Crippen LogP contribution in [0.5, 0.6) is 0 Å². The summed E-state index contributed by atoms with van der Waals surface area (Å²) in [6.07, 6.45) is -0.240. The van der Waals surface area contributed by atoms with Gasteiger partial charge in [-0.25, -0.2) is 4.79 Å². The van der Waals surface area contributed by atoms with E-state index in [0.717, 1.165) is 0 Å². The highest BCUT2D eigenvalue weighted by molar-refractivity contribution is 8.00. The molecule has 1 atom stereocenters. The second kappa shape index (κ2) is 9.26. The van der Waals surface area contributed by atoms with Crippen molar-refractivity contribution in [2.75, 3.05) is 7.11 Å². The zero-order chi connectivity index (χ0) is 18.3. The van der Waals surface area contributed by atoms with Crippen molar-refractivity contribution in [3.05, 3.63) is 5.82 Å². The average molecular weight is 357 g/mol. The number of amides is 3. The lowest BCUT2D eigenvalue weighted by Gasteiger charge is -2.14. The first-order valence-corrected chi connectivity index (χ1v) is 8.38. The van der Waals surface area contributed by atoms with Crippen LogP contribution < -0.4 is 11.1 Å². The minimum Gasteiger partial charge on any atom is -0.453 e. The predicted molar refractivity (Wildman–Crippen MR) is 88.2 cm³/mol. The summed E-state index contributed by atoms with van der Waals surface area (Å²) in [4.78, 5) is 34.0. The fourth-order valence-electron chi connectivity index (χ4n) is 1.84. The summed E-state index contributed by atoms with van der Waals surface area (Å²) in [5.74, 6) is 0.0798. The molecule has 0 radical (unpaired) electrons. The molecule has 24 heavy (non-hydrogen) atoms. The van der Waals surface area contributed by atoms with Crippen molar-refractivity contribution in [2.45, 2.75) is 50.6 Å². The SMILES string of the molecule is COC(=O)NC(=O)[C@H](C)Sc1nnc(CCC(N)=O)n1CC(C)C. The van der Waals surface area contributed by atoms with E-state index in [0.29, 0.717) is 29.9 Å². The third-order valence-electron chi connectivity index (χ3n) is 3.00. The second-order valence-electron chi connectivity index (χ2n) is 5.61. The maximum absolute atomic E-state index is 11.9. The Morgan fingerprint density at radius 1 is 1.29 bits per heavy atom. The summed E-state index contributed by atoms with van der Waals surface area (Å²) in [5.41, 5.74) is 5.18. The summed E-state index contributed by atoms with van der Waals surface area (Å²) >= 11 is 1.18. The Bertz CT molecular complexity index is 602. The molecule has 0 bridgehead atoms. The Morgan fingerprint density at radius 2 is 1.96 bits per heavy atom. The molecule has 3 amide bonds. The Balaban J connectivity index is 2.87. The molecule has 0 saturated heterocycles. The van der Waals surface area contributed by atoms with E-state index >= 15 is 0 Å². The van der Waals surface area contributed by atoms with E-state index in [1.807, 2.05) is 18.4 Å². The van der Waals surface area contributed by atoms with Gasteiger partial charge in [-0.2, -0.15) is 0 Å². The van der Waals surface area contributed by atoms with Gasteiger partial charge in [0.15, 0.2) is 5.16 Å². The maximum Gasteiger partial charge on any atom is 0.413 e. The third kappa shape index (κ3) is 6.19. The molecule has 0 aromatic carbocycles. The minimum atomic E-state index is -0.807. The number of nitrogens with two attached hydrogens (primary N) is 1. The second-order valence-corrected chi connectivity index (χ2v) is 6.92. The van der Waals surface area contributed by atoms with E-state index in [-0.39, 0.29) is 6.42 Å². The van der Waals surface area contributed by atoms with Crippen LogP contribution in [0, 0.1) is 5.92 Å². The number of aromatic nitrogens is 3. The summed E-state index contributed by atoms with van der Waals surface area (Å²) in [5, 5.41) is 10.3. The van der Waals surface area contributed by atoms with E-state index in [2.05, 4.69) is 20.3 Å². The van der Waals surface area contributed by atoms with E-state index in [4.69, 9.17) is 5.73 Å². The third-order valence-corrected chi connectivity index (χ3v) is 4.08. The Kier molecular flexibility index (Phi) is 7.69. The topological polar surface area (TPSA) is 129 Å². The number of rotatable bonds is 8. The Labute approximate surface area is 144 Å². The number of carbonyl (C=O) groups is 3. The highest BCUT2D eigenvalue weighted by Crippen LogP contribution is 2.24. The zero-order valence-electron chi connectivity index (χ0n) is 14.2. The van der Waals surface area contributed by atoms with Crippen LogP contribution in [0.1, 0.15) is 33.0 Å². The molecule has 0 unspecified atom stereocenters. The van der Waals surface area contributed by atoms with Crippen molar-refractivity contribution in [3.8, 4) is 0 Å². The fraction of sp³-hybridized carbons (Fsp3) is 0.643. The number of methoxy groups -OCH3 is 1. The number of hydrogen-bond acceptors (Lipinski definition) is 7. The van der Waals surface area contributed by atoms with Crippen LogP contribution >= 0.6 is 11.8 Å². The van der Waals surface area contributed by atoms with Crippen LogP contribution in [0.3, 0.4) is 0 Å². The van der Waals surface area contributed by atoms with Gasteiger partial charge < -0.3 is 15.0 Å². The predicted octanol–water partition coefficient (Wildman–Crippen LogP) is 0.715. The monoisotopic (exact) mass is 357 g/mol. The minimum absolute atomic E-state index is 0.180. The normalized spacial score (nSPS) is 12.0. The van der Waals surface area contributed by atoms with Gasteiger partial charge in [0.1, 0.15) is 5.82 Å². The number of ether oxygens (including phenoxy) is 1. The van der Waals surface area contributed by atoms with Crippen LogP contribution in [0.2, 0.25) is 0 Å². The molecule has 134 valence electrons. The van der Waals surface area contributed by atoms with E-state index in [9.17, 15) is 14.4 Å². The highest BCUT2D eigenvalue weighted by Gasteiger charge is 2.22. The molecule has 1 aromatic rings. The standard InChI is InChI=1S/C14H23N5O4S/c1-8(2)7-19-11(6-5-10(15)20)17-18-13(19)24-9(3)12(21)16-14(22)23-4/h8-9H,5-7H2,1-4H3,(H2,15,20)(H,16,21,22)/t9-/m0/s1. The van der Waals surface area contributed by atoms with Crippen LogP contribution in [-0.4, -0.2) is 45.0 Å². The molecule has 1 rings (SSSR count). The van der Waals surface area contributed by atoms with Crippen molar-refractivity contribution in [2.24, 2.45) is 11.7 Å². The van der Waals surface area contributed by atoms with Crippen molar-refractivity contribution in [1.82, 2.24) is 20.1 Å². The molecular formula is C14H23N5O4S. The lowest BCUT2D eigenvalue weighted by Crippen LogP contribution is -2.36. The number of nitrogens with zero attached hydrogens (tertiary/aromatic N) is 3. The number of carbonyl (C=O) groups excluding carboxylic acids is 3. The molecular weight excluding hydrogens is 334 g/mol. The highest BCUT2D eigenvalue weighted by atomic mass is 32.2. The van der Waals surface area contributed by atoms with Crippen molar-refractivity contribution in [1.29, 1.82) is 0 Å². The van der Waals surface area contributed by atoms with Gasteiger partial charge in [0.2, 0.25) is 11.8 Å². The van der Waals surface area contributed by atoms with Crippen molar-refractivity contribution in [3.63, 3.8) is 0 Å². The van der Waals surface area contributed by atoms with Gasteiger partial charge in [0.25, 0.3) is 0 Å². The molecule has 0 fully saturated rings. The van der Waals surface area contributed by atoms with Gasteiger partial charge in [-0.1, -0.05) is 25.6 Å². The molecule has 0 spiro atoms. The average Bonchev–Trinajstić information content (AvgIpc) is 2.86. The van der Waals surface area contributed by atoms with Crippen molar-refractivity contribution >= 4 is 29.7 Å². The van der Waals surface area contributed by atoms with Gasteiger partial charge in [-0.3, -0.25) is 14.9 Å². The van der Waals surface area contributed by atoms with Crippen molar-refractivity contribution < 1.29 is 19.1 Å². The van der Waals surface area contributed by atoms with E-state index in [1.165, 1.54) is 18.9 Å². The lowest BCUT2D eigenvalue weighted by atomic mass is 10.2. The van der Waals surface area contributed by atoms with Crippen LogP contribution in [-0.2, 0) is 27.3 Å². The Morgan fingerprint density at radius 3 is 2.50 bits per heavy atom. The lowest BCUT2D eigenvalue weighted by molar-refractivity contribution is -0.120. The molecule has 0 saturated carbocycles. The first kappa shape index (κ1) is 19.9. The largest absolute Gasteiger partial charge is 0.453 e. The summed E-state index contributed by atoms with van der Waals surface area (Å²) in [6, 6.07) is 0. The Hall–Kier alpha value is -2.10. The van der Waals surface area contributed by atoms with Gasteiger partial charge in [-0.05, 0) is 12.8 Å². The van der Waals surface area contributed by atoms with Crippen LogP contribution in [0.15, 0.2) is 5.16 Å². The molecule has 0 aliphatic rings. The van der Waals surface area contributed by atoms with Gasteiger partial charge >= 0.3 is 6.09 Å². The summed E-state index contributed by atoms with van der Waals surface area (Å²) in [6.45, 7) is 6.38. The number of hydrogen-bond donors (Lipinski definition) is 2. The summed E-state index contributed by atoms with van der Waals surface area (Å²) < 4.78 is 6.27. The molecule has 9 nitrogen and oxygen atoms in total. The smallest absolute Gasteiger partial charge is 0.413 e. The first-order chi connectivity index (χ1) is 11.2. The number of nitrogens with one attached hydrogen (secondary N) is 1. The number of alkyl carbamates (subject to hydrolysis) is 1. The molecule has 0 aliphatic carbocycles. The van der Waals surface area contributed by atoms with Crippen LogP contribution in [0.25, 0.3) is 0 Å². The first-order valence-electron chi connectivity index (χ1n) is 7.50. The number of thioether (sulfide) groups is 1. The number of imide groups is 1. The molecule has 1 heterocycles. The zero-order valence-corrected chi connectivity index (χ0v) is 15.1. The van der Waals surface area contributed by atoms with E-state index < -0.39 is 23.2 Å². The number of aryl methyl sites for hydroxylation is 1. The molecule has 0 aliphatic heterocycles. The van der Waals surface area contributed by atoms with Crippen LogP contribution in [0.4, 0.5) is 4.79 Å². The quantitative estimate of drug-likeness (QED) is 0.656. The summed E-state index contributed by atoms with van der Waals surface area (Å²) in [7, 11) is 1.19. The van der Waals surface area contributed by atoms with Gasteiger partial charge in [-0.15, -0.1) is 10.2 Å². The van der Waals surface area contributed by atoms with Gasteiger partial charge in [0.05, 0.1) is 12.4 Å². The molecule has 3 N–H and O–H groups in total. The van der Waals surface area contributed by atoms with Gasteiger partial charge in [0, 0.05) is 19.4 Å². The molecule has 10 heteroatoms. The number of primary amides is 1. The van der Waals surface area contributed by atoms with E-state index in [1.54, 1.807) is 6.92 Å². The molecule has 1 aromatic heterocycles. The maximum atomic E-state index is 11.9.